The van der Waals surface area contributed by atoms with Crippen molar-refractivity contribution >= 4 is 23.4 Å². The lowest BCUT2D eigenvalue weighted by molar-refractivity contribution is -0.138. The first-order chi connectivity index (χ1) is 16.6. The number of amides is 1. The van der Waals surface area contributed by atoms with E-state index in [-0.39, 0.29) is 12.1 Å². The van der Waals surface area contributed by atoms with Crippen LogP contribution in [0.25, 0.3) is 0 Å². The normalized spacial score (nSPS) is 13.3. The number of aliphatic hydroxyl groups is 1. The molecule has 1 unspecified atom stereocenters. The molecule has 0 heterocycles. The second-order valence-electron chi connectivity index (χ2n) is 9.35. The number of anilines is 1. The van der Waals surface area contributed by atoms with Crippen LogP contribution in [-0.2, 0) is 11.0 Å². The van der Waals surface area contributed by atoms with Crippen molar-refractivity contribution in [1.29, 1.82) is 5.26 Å². The summed E-state index contributed by atoms with van der Waals surface area (Å²) in [5.74, 6) is 1.78. The molecule has 4 nitrogen and oxygen atoms in total. The Labute approximate surface area is 213 Å². The zero-order valence-electron chi connectivity index (χ0n) is 21.2. The van der Waals surface area contributed by atoms with E-state index in [0.29, 0.717) is 6.42 Å². The Hall–Kier alpha value is -1.72. The highest BCUT2D eigenvalue weighted by Crippen LogP contribution is 2.33. The van der Waals surface area contributed by atoms with Crippen molar-refractivity contribution in [2.45, 2.75) is 109 Å². The first-order valence-electron chi connectivity index (χ1n) is 12.8. The molecule has 0 aliphatic carbocycles. The quantitative estimate of drug-likeness (QED) is 0.194. The highest BCUT2D eigenvalue weighted by Gasteiger charge is 2.35. The summed E-state index contributed by atoms with van der Waals surface area (Å²) in [5.41, 5.74) is -3.41. The van der Waals surface area contributed by atoms with E-state index >= 15 is 0 Å². The third-order valence-electron chi connectivity index (χ3n) is 6.04. The van der Waals surface area contributed by atoms with E-state index in [2.05, 4.69) is 24.0 Å². The molecule has 35 heavy (non-hydrogen) atoms. The number of hydrogen-bond donors (Lipinski definition) is 2. The van der Waals surface area contributed by atoms with E-state index in [9.17, 15) is 23.1 Å². The highest BCUT2D eigenvalue weighted by atomic mass is 32.2. The molecule has 0 aliphatic heterocycles. The molecular formula is C27H41F3N2O2S. The van der Waals surface area contributed by atoms with Gasteiger partial charge in [-0.3, -0.25) is 4.79 Å². The maximum Gasteiger partial charge on any atom is 0.417 e. The van der Waals surface area contributed by atoms with Crippen molar-refractivity contribution in [2.75, 3.05) is 16.8 Å². The molecule has 0 spiro atoms. The third kappa shape index (κ3) is 13.2. The second-order valence-corrected chi connectivity index (χ2v) is 10.6. The van der Waals surface area contributed by atoms with E-state index in [0.717, 1.165) is 31.4 Å². The van der Waals surface area contributed by atoms with Crippen molar-refractivity contribution in [1.82, 2.24) is 0 Å². The zero-order valence-corrected chi connectivity index (χ0v) is 22.0. The summed E-state index contributed by atoms with van der Waals surface area (Å²) in [5, 5.41) is 21.7. The SMILES string of the molecule is CCCCCCSCCCCCCCCCCC(C)(O)C(=O)Nc1ccc(C#N)c(C(F)(F)F)c1. The largest absolute Gasteiger partial charge is 0.417 e. The van der Waals surface area contributed by atoms with Crippen molar-refractivity contribution in [3.8, 4) is 6.07 Å². The molecular weight excluding hydrogens is 473 g/mol. The molecule has 0 aromatic heterocycles. The average Bonchev–Trinajstić information content (AvgIpc) is 2.81. The van der Waals surface area contributed by atoms with Crippen molar-refractivity contribution in [3.05, 3.63) is 29.3 Å². The van der Waals surface area contributed by atoms with Crippen LogP contribution in [0.5, 0.6) is 0 Å². The maximum absolute atomic E-state index is 13.1. The second kappa shape index (κ2) is 16.9. The maximum atomic E-state index is 13.1. The smallest absolute Gasteiger partial charge is 0.380 e. The van der Waals surface area contributed by atoms with E-state index in [4.69, 9.17) is 5.26 Å². The minimum absolute atomic E-state index is 0.100. The van der Waals surface area contributed by atoms with Gasteiger partial charge in [-0.1, -0.05) is 71.1 Å². The van der Waals surface area contributed by atoms with Gasteiger partial charge >= 0.3 is 6.18 Å². The van der Waals surface area contributed by atoms with Crippen molar-refractivity contribution in [2.24, 2.45) is 0 Å². The number of carbonyl (C=O) groups is 1. The molecule has 0 radical (unpaired) electrons. The van der Waals surface area contributed by atoms with Gasteiger partial charge in [0, 0.05) is 5.69 Å². The summed E-state index contributed by atoms with van der Waals surface area (Å²) in [6.07, 6.45) is 9.54. The van der Waals surface area contributed by atoms with E-state index in [1.54, 1.807) is 0 Å². The fourth-order valence-corrected chi connectivity index (χ4v) is 4.82. The van der Waals surface area contributed by atoms with Crippen LogP contribution in [0.3, 0.4) is 0 Å². The van der Waals surface area contributed by atoms with Crippen LogP contribution in [0.1, 0.15) is 108 Å². The number of hydrogen-bond acceptors (Lipinski definition) is 4. The number of alkyl halides is 3. The Balaban J connectivity index is 2.20. The number of thioether (sulfide) groups is 1. The zero-order chi connectivity index (χ0) is 26.2. The Kier molecular flexibility index (Phi) is 15.1. The molecule has 1 aromatic carbocycles. The van der Waals surface area contributed by atoms with E-state index in [1.165, 1.54) is 81.9 Å². The lowest BCUT2D eigenvalue weighted by Crippen LogP contribution is -2.40. The molecule has 1 amide bonds. The monoisotopic (exact) mass is 514 g/mol. The van der Waals surface area contributed by atoms with Gasteiger partial charge in [-0.05, 0) is 55.9 Å². The number of unbranched alkanes of at least 4 members (excludes halogenated alkanes) is 10. The molecule has 198 valence electrons. The molecule has 0 saturated heterocycles. The van der Waals surface area contributed by atoms with Crippen LogP contribution in [0.4, 0.5) is 18.9 Å². The summed E-state index contributed by atoms with van der Waals surface area (Å²) in [6, 6.07) is 4.47. The third-order valence-corrected chi connectivity index (χ3v) is 7.19. The Morgan fingerprint density at radius 3 is 2.06 bits per heavy atom. The summed E-state index contributed by atoms with van der Waals surface area (Å²) < 4.78 is 39.3. The number of nitrogens with zero attached hydrogens (tertiary/aromatic N) is 1. The van der Waals surface area contributed by atoms with Crippen LogP contribution >= 0.6 is 11.8 Å². The molecule has 0 saturated carbocycles. The predicted octanol–water partition coefficient (Wildman–Crippen LogP) is 8.09. The number of benzene rings is 1. The molecule has 0 aliphatic rings. The van der Waals surface area contributed by atoms with Gasteiger partial charge in [-0.15, -0.1) is 0 Å². The number of carbonyl (C=O) groups excluding carboxylic acids is 1. The minimum Gasteiger partial charge on any atom is -0.380 e. The topological polar surface area (TPSA) is 73.1 Å². The van der Waals surface area contributed by atoms with Crippen LogP contribution in [-0.4, -0.2) is 28.1 Å². The average molecular weight is 515 g/mol. The van der Waals surface area contributed by atoms with Crippen molar-refractivity contribution < 1.29 is 23.1 Å². The van der Waals surface area contributed by atoms with Gasteiger partial charge in [0.05, 0.1) is 17.2 Å². The van der Waals surface area contributed by atoms with Crippen LogP contribution in [0.2, 0.25) is 0 Å². The molecule has 0 bridgehead atoms. The van der Waals surface area contributed by atoms with Gasteiger partial charge in [0.1, 0.15) is 5.60 Å². The Morgan fingerprint density at radius 1 is 0.971 bits per heavy atom. The van der Waals surface area contributed by atoms with Gasteiger partial charge in [0.25, 0.3) is 5.91 Å². The van der Waals surface area contributed by atoms with Crippen LogP contribution < -0.4 is 5.32 Å². The molecule has 1 rings (SSSR count). The summed E-state index contributed by atoms with van der Waals surface area (Å²) in [4.78, 5) is 12.4. The Bertz CT molecular complexity index is 792. The minimum atomic E-state index is -4.71. The standard InChI is InChI=1S/C27H41F3N2O2S/c1-3-4-5-13-18-35-19-14-11-9-7-6-8-10-12-17-26(2,34)25(33)32-23-16-15-22(21-31)24(20-23)27(28,29)30/h15-16,20,34H,3-14,17-19H2,1-2H3,(H,32,33). The molecule has 0 fully saturated rings. The summed E-state index contributed by atoms with van der Waals surface area (Å²) in [7, 11) is 0. The number of rotatable bonds is 18. The lowest BCUT2D eigenvalue weighted by Gasteiger charge is -2.22. The first kappa shape index (κ1) is 31.3. The fraction of sp³-hybridized carbons (Fsp3) is 0.704. The predicted molar refractivity (Wildman–Crippen MR) is 138 cm³/mol. The van der Waals surface area contributed by atoms with Gasteiger partial charge in [-0.2, -0.15) is 30.2 Å². The van der Waals surface area contributed by atoms with Crippen LogP contribution in [0.15, 0.2) is 18.2 Å². The van der Waals surface area contributed by atoms with Crippen molar-refractivity contribution in [3.63, 3.8) is 0 Å². The molecule has 8 heteroatoms. The fourth-order valence-electron chi connectivity index (χ4n) is 3.80. The summed E-state index contributed by atoms with van der Waals surface area (Å²) >= 11 is 2.07. The summed E-state index contributed by atoms with van der Waals surface area (Å²) in [6.45, 7) is 3.61. The van der Waals surface area contributed by atoms with E-state index in [1.807, 2.05) is 0 Å². The number of halogens is 3. The van der Waals surface area contributed by atoms with E-state index < -0.39 is 28.8 Å². The Morgan fingerprint density at radius 2 is 1.51 bits per heavy atom. The van der Waals surface area contributed by atoms with Gasteiger partial charge in [-0.25, -0.2) is 0 Å². The molecule has 1 aromatic rings. The highest BCUT2D eigenvalue weighted by molar-refractivity contribution is 7.99. The molecule has 2 N–H and O–H groups in total. The van der Waals surface area contributed by atoms with Gasteiger partial charge in [0.2, 0.25) is 0 Å². The van der Waals surface area contributed by atoms with Crippen LogP contribution in [0, 0.1) is 11.3 Å². The number of nitriles is 1. The lowest BCUT2D eigenvalue weighted by atomic mass is 9.96. The molecule has 1 atom stereocenters. The number of nitrogens with one attached hydrogen (secondary N) is 1. The first-order valence-corrected chi connectivity index (χ1v) is 14.0. The van der Waals surface area contributed by atoms with Gasteiger partial charge in [0.15, 0.2) is 0 Å². The van der Waals surface area contributed by atoms with Gasteiger partial charge < -0.3 is 10.4 Å².